The first kappa shape index (κ1) is 8.07. The second-order valence-electron chi connectivity index (χ2n) is 3.75. The molecule has 2 nitrogen and oxygen atoms in total. The number of carbonyl (C=O) groups excluding carboxylic acids is 1. The Balaban J connectivity index is 2.23. The fourth-order valence-corrected chi connectivity index (χ4v) is 3.07. The van der Waals surface area contributed by atoms with E-state index in [2.05, 4.69) is 6.07 Å². The van der Waals surface area contributed by atoms with Crippen molar-refractivity contribution in [2.45, 2.75) is 12.8 Å². The quantitative estimate of drug-likeness (QED) is 0.580. The normalized spacial score (nSPS) is 44.8. The molecule has 4 atom stereocenters. The van der Waals surface area contributed by atoms with Crippen LogP contribution in [-0.2, 0) is 4.79 Å². The van der Waals surface area contributed by atoms with Crippen molar-refractivity contribution in [2.75, 3.05) is 5.88 Å². The molecule has 0 aromatic heterocycles. The Kier molecular flexibility index (Phi) is 1.84. The van der Waals surface area contributed by atoms with Crippen LogP contribution in [-0.4, -0.2) is 11.7 Å². The number of carbonyl (C=O) groups is 1. The van der Waals surface area contributed by atoms with Gasteiger partial charge in [-0.2, -0.15) is 5.26 Å². The number of Topliss-reactive ketones (excluding diaryl/α,β-unsaturated/α-hetero) is 1. The maximum absolute atomic E-state index is 11.3. The van der Waals surface area contributed by atoms with E-state index in [1.165, 1.54) is 0 Å². The van der Waals surface area contributed by atoms with E-state index in [0.29, 0.717) is 18.2 Å². The van der Waals surface area contributed by atoms with E-state index in [0.717, 1.165) is 6.42 Å². The molecule has 0 amide bonds. The predicted molar refractivity (Wildman–Crippen MR) is 44.5 cm³/mol. The summed E-state index contributed by atoms with van der Waals surface area (Å²) in [5.41, 5.74) is 0. The van der Waals surface area contributed by atoms with Crippen LogP contribution in [0.5, 0.6) is 0 Å². The SMILES string of the molecule is N#CC1C2CC(CC2=O)C1CCl. The number of hydrogen-bond donors (Lipinski definition) is 0. The molecule has 2 aliphatic rings. The molecule has 2 fully saturated rings. The monoisotopic (exact) mass is 183 g/mol. The van der Waals surface area contributed by atoms with Crippen molar-refractivity contribution in [1.82, 2.24) is 0 Å². The maximum atomic E-state index is 11.3. The zero-order valence-corrected chi connectivity index (χ0v) is 7.42. The van der Waals surface area contributed by atoms with Crippen molar-refractivity contribution >= 4 is 17.4 Å². The topological polar surface area (TPSA) is 40.9 Å². The Bertz CT molecular complexity index is 258. The molecule has 0 aromatic rings. The zero-order valence-electron chi connectivity index (χ0n) is 6.66. The molecule has 2 rings (SSSR count). The molecule has 0 heterocycles. The van der Waals surface area contributed by atoms with E-state index >= 15 is 0 Å². The number of rotatable bonds is 1. The van der Waals surface area contributed by atoms with Gasteiger partial charge < -0.3 is 0 Å². The minimum atomic E-state index is -0.0891. The largest absolute Gasteiger partial charge is 0.299 e. The third kappa shape index (κ3) is 0.895. The number of nitriles is 1. The standard InChI is InChI=1S/C9H10ClNO/c10-3-7-5-1-6(8(7)4-11)9(12)2-5/h5-8H,1-3H2. The van der Waals surface area contributed by atoms with Gasteiger partial charge in [-0.1, -0.05) is 0 Å². The van der Waals surface area contributed by atoms with Gasteiger partial charge >= 0.3 is 0 Å². The highest BCUT2D eigenvalue weighted by molar-refractivity contribution is 6.18. The molecule has 4 unspecified atom stereocenters. The van der Waals surface area contributed by atoms with Gasteiger partial charge in [0.05, 0.1) is 12.0 Å². The van der Waals surface area contributed by atoms with Gasteiger partial charge in [-0.15, -0.1) is 11.6 Å². The molecular weight excluding hydrogens is 174 g/mol. The fourth-order valence-electron chi connectivity index (χ4n) is 2.62. The van der Waals surface area contributed by atoms with Gasteiger partial charge in [0, 0.05) is 18.2 Å². The van der Waals surface area contributed by atoms with Gasteiger partial charge in [-0.05, 0) is 18.3 Å². The van der Waals surface area contributed by atoms with Crippen LogP contribution in [0.2, 0.25) is 0 Å². The Labute approximate surface area is 76.5 Å². The lowest BCUT2D eigenvalue weighted by Gasteiger charge is -2.22. The van der Waals surface area contributed by atoms with Crippen molar-refractivity contribution in [3.8, 4) is 6.07 Å². The molecule has 2 saturated carbocycles. The third-order valence-corrected chi connectivity index (χ3v) is 3.62. The van der Waals surface area contributed by atoms with Gasteiger partial charge in [-0.25, -0.2) is 0 Å². The van der Waals surface area contributed by atoms with Gasteiger partial charge in [0.15, 0.2) is 0 Å². The first-order valence-corrected chi connectivity index (χ1v) is 4.79. The number of ketones is 1. The number of alkyl halides is 1. The smallest absolute Gasteiger partial charge is 0.137 e. The summed E-state index contributed by atoms with van der Waals surface area (Å²) in [6.45, 7) is 0. The minimum absolute atomic E-state index is 0.0174. The predicted octanol–water partition coefficient (Wildman–Crippen LogP) is 1.59. The van der Waals surface area contributed by atoms with E-state index in [9.17, 15) is 4.79 Å². The van der Waals surface area contributed by atoms with Crippen LogP contribution in [0, 0.1) is 35.0 Å². The van der Waals surface area contributed by atoms with Gasteiger partial charge in [0.25, 0.3) is 0 Å². The van der Waals surface area contributed by atoms with Crippen LogP contribution in [0.1, 0.15) is 12.8 Å². The van der Waals surface area contributed by atoms with Crippen LogP contribution < -0.4 is 0 Å². The minimum Gasteiger partial charge on any atom is -0.299 e. The van der Waals surface area contributed by atoms with Crippen LogP contribution in [0.3, 0.4) is 0 Å². The molecule has 0 aliphatic heterocycles. The summed E-state index contributed by atoms with van der Waals surface area (Å²) in [5.74, 6) is 1.43. The Morgan fingerprint density at radius 1 is 1.67 bits per heavy atom. The molecule has 0 saturated heterocycles. The Morgan fingerprint density at radius 3 is 3.00 bits per heavy atom. The molecule has 0 N–H and O–H groups in total. The molecule has 64 valence electrons. The summed E-state index contributed by atoms with van der Waals surface area (Å²) in [6.07, 6.45) is 1.58. The van der Waals surface area contributed by atoms with Crippen LogP contribution in [0.15, 0.2) is 0 Å². The highest BCUT2D eigenvalue weighted by Gasteiger charge is 2.51. The van der Waals surface area contributed by atoms with Crippen molar-refractivity contribution < 1.29 is 4.79 Å². The van der Waals surface area contributed by atoms with E-state index < -0.39 is 0 Å². The summed E-state index contributed by atoms with van der Waals surface area (Å²) in [5, 5.41) is 8.85. The van der Waals surface area contributed by atoms with Gasteiger partial charge in [0.2, 0.25) is 0 Å². The maximum Gasteiger partial charge on any atom is 0.137 e. The number of halogens is 1. The van der Waals surface area contributed by atoms with Crippen LogP contribution >= 0.6 is 11.6 Å². The molecule has 12 heavy (non-hydrogen) atoms. The van der Waals surface area contributed by atoms with E-state index in [1.54, 1.807) is 0 Å². The fraction of sp³-hybridized carbons (Fsp3) is 0.778. The average molecular weight is 184 g/mol. The lowest BCUT2D eigenvalue weighted by atomic mass is 9.81. The molecular formula is C9H10ClNO. The van der Waals surface area contributed by atoms with Crippen LogP contribution in [0.25, 0.3) is 0 Å². The van der Waals surface area contributed by atoms with Crippen molar-refractivity contribution in [3.05, 3.63) is 0 Å². The molecule has 3 heteroatoms. The number of nitrogens with zero attached hydrogens (tertiary/aromatic N) is 1. The lowest BCUT2D eigenvalue weighted by Crippen LogP contribution is -2.28. The molecule has 2 bridgehead atoms. The second kappa shape index (κ2) is 2.74. The molecule has 0 aromatic carbocycles. The van der Waals surface area contributed by atoms with E-state index in [-0.39, 0.29) is 23.5 Å². The number of fused-ring (bicyclic) bond motifs is 2. The molecule has 2 aliphatic carbocycles. The summed E-state index contributed by atoms with van der Waals surface area (Å²) >= 11 is 5.76. The summed E-state index contributed by atoms with van der Waals surface area (Å²) in [4.78, 5) is 11.3. The first-order chi connectivity index (χ1) is 5.77. The summed E-state index contributed by atoms with van der Waals surface area (Å²) < 4.78 is 0. The summed E-state index contributed by atoms with van der Waals surface area (Å²) in [7, 11) is 0. The first-order valence-electron chi connectivity index (χ1n) is 4.26. The molecule has 0 radical (unpaired) electrons. The van der Waals surface area contributed by atoms with Gasteiger partial charge in [0.1, 0.15) is 5.78 Å². The summed E-state index contributed by atoms with van der Waals surface area (Å²) in [6, 6.07) is 2.22. The van der Waals surface area contributed by atoms with E-state index in [4.69, 9.17) is 16.9 Å². The number of hydrogen-bond acceptors (Lipinski definition) is 2. The third-order valence-electron chi connectivity index (χ3n) is 3.26. The highest BCUT2D eigenvalue weighted by atomic mass is 35.5. The van der Waals surface area contributed by atoms with Crippen molar-refractivity contribution in [3.63, 3.8) is 0 Å². The average Bonchev–Trinajstić information content (AvgIpc) is 2.58. The van der Waals surface area contributed by atoms with Crippen LogP contribution in [0.4, 0.5) is 0 Å². The zero-order chi connectivity index (χ0) is 8.72. The Morgan fingerprint density at radius 2 is 2.42 bits per heavy atom. The molecule has 0 spiro atoms. The lowest BCUT2D eigenvalue weighted by molar-refractivity contribution is -0.123. The van der Waals surface area contributed by atoms with Gasteiger partial charge in [-0.3, -0.25) is 4.79 Å². The second-order valence-corrected chi connectivity index (χ2v) is 4.05. The van der Waals surface area contributed by atoms with Crippen molar-refractivity contribution in [1.29, 1.82) is 5.26 Å². The Hall–Kier alpha value is -0.550. The highest BCUT2D eigenvalue weighted by Crippen LogP contribution is 2.50. The van der Waals surface area contributed by atoms with Crippen molar-refractivity contribution in [2.24, 2.45) is 23.7 Å². The van der Waals surface area contributed by atoms with E-state index in [1.807, 2.05) is 0 Å².